The SMILES string of the molecule is CCCCc1nc2c(N)nc3ccccc3c2n1CCCCN[C+]=O. The summed E-state index contributed by atoms with van der Waals surface area (Å²) in [5.41, 5.74) is 8.95. The van der Waals surface area contributed by atoms with Crippen molar-refractivity contribution >= 4 is 34.2 Å². The predicted octanol–water partition coefficient (Wildman–Crippen LogP) is 2.95. The molecule has 1 aromatic carbocycles. The van der Waals surface area contributed by atoms with Crippen LogP contribution in [0.15, 0.2) is 24.3 Å². The number of unbranched alkanes of at least 4 members (excludes halogenated alkanes) is 2. The summed E-state index contributed by atoms with van der Waals surface area (Å²) in [5, 5.41) is 3.68. The lowest BCUT2D eigenvalue weighted by atomic mass is 10.2. The van der Waals surface area contributed by atoms with Gasteiger partial charge in [0.1, 0.15) is 11.3 Å². The van der Waals surface area contributed by atoms with Crippen molar-refractivity contribution in [1.29, 1.82) is 0 Å². The molecule has 25 heavy (non-hydrogen) atoms. The summed E-state index contributed by atoms with van der Waals surface area (Å²) in [4.78, 5) is 19.6. The van der Waals surface area contributed by atoms with Gasteiger partial charge < -0.3 is 10.3 Å². The Morgan fingerprint density at radius 2 is 2.04 bits per heavy atom. The lowest BCUT2D eigenvalue weighted by Gasteiger charge is -2.10. The lowest BCUT2D eigenvalue weighted by Crippen LogP contribution is -2.13. The molecule has 0 atom stereocenters. The van der Waals surface area contributed by atoms with Crippen LogP contribution in [-0.4, -0.2) is 27.5 Å². The van der Waals surface area contributed by atoms with Crippen LogP contribution in [-0.2, 0) is 17.8 Å². The maximum atomic E-state index is 10.3. The van der Waals surface area contributed by atoms with Gasteiger partial charge in [-0.1, -0.05) is 31.5 Å². The number of imidazole rings is 1. The molecule has 6 heteroatoms. The fourth-order valence-corrected chi connectivity index (χ4v) is 3.21. The zero-order chi connectivity index (χ0) is 17.6. The third-order valence-electron chi connectivity index (χ3n) is 4.45. The number of carbonyl (C=O) groups excluding carboxylic acids is 1. The van der Waals surface area contributed by atoms with E-state index in [2.05, 4.69) is 27.9 Å². The van der Waals surface area contributed by atoms with Gasteiger partial charge in [-0.05, 0) is 25.3 Å². The first kappa shape index (κ1) is 17.1. The zero-order valence-corrected chi connectivity index (χ0v) is 14.6. The highest BCUT2D eigenvalue weighted by atomic mass is 16.1. The standard InChI is InChI=1S/C19H24N5O/c1-2-3-10-16-23-17-18(24(16)12-7-6-11-21-13-25)14-8-4-5-9-15(14)22-19(17)20/h4-5,8-9H,2-3,6-7,10-12H2,1H3,(H2,20,22)(H,21,25)/q+1. The Labute approximate surface area is 147 Å². The van der Waals surface area contributed by atoms with Gasteiger partial charge in [0.25, 0.3) is 0 Å². The minimum absolute atomic E-state index is 0.488. The van der Waals surface area contributed by atoms with E-state index < -0.39 is 0 Å². The quantitative estimate of drug-likeness (QED) is 0.357. The van der Waals surface area contributed by atoms with Crippen molar-refractivity contribution in [3.05, 3.63) is 30.1 Å². The largest absolute Gasteiger partial charge is 0.664 e. The monoisotopic (exact) mass is 338 g/mol. The minimum Gasteiger partial charge on any atom is -0.382 e. The number of anilines is 1. The number of nitrogens with zero attached hydrogens (tertiary/aromatic N) is 3. The first-order valence-electron chi connectivity index (χ1n) is 8.89. The second-order valence-electron chi connectivity index (χ2n) is 6.23. The Bertz CT molecular complexity index is 871. The van der Waals surface area contributed by atoms with Gasteiger partial charge in [0, 0.05) is 18.4 Å². The second-order valence-corrected chi connectivity index (χ2v) is 6.23. The number of nitrogen functional groups attached to an aromatic ring is 1. The van der Waals surface area contributed by atoms with Crippen LogP contribution in [0.5, 0.6) is 0 Å². The van der Waals surface area contributed by atoms with Gasteiger partial charge in [0.05, 0.1) is 22.4 Å². The molecule has 2 heterocycles. The molecule has 0 unspecified atom stereocenters. The third kappa shape index (κ3) is 3.54. The topological polar surface area (TPSA) is 85.8 Å². The maximum absolute atomic E-state index is 10.3. The number of hydrogen-bond acceptors (Lipinski definition) is 4. The Balaban J connectivity index is 2.04. The molecule has 130 valence electrons. The predicted molar refractivity (Wildman–Crippen MR) is 101 cm³/mol. The van der Waals surface area contributed by atoms with Crippen molar-refractivity contribution < 1.29 is 4.79 Å². The van der Waals surface area contributed by atoms with Crippen LogP contribution in [0.4, 0.5) is 5.82 Å². The molecule has 6 nitrogen and oxygen atoms in total. The summed E-state index contributed by atoms with van der Waals surface area (Å²) in [5.74, 6) is 1.55. The fourth-order valence-electron chi connectivity index (χ4n) is 3.21. The van der Waals surface area contributed by atoms with Gasteiger partial charge in [-0.2, -0.15) is 0 Å². The summed E-state index contributed by atoms with van der Waals surface area (Å²) < 4.78 is 2.29. The Morgan fingerprint density at radius 3 is 2.84 bits per heavy atom. The van der Waals surface area contributed by atoms with Crippen molar-refractivity contribution in [3.8, 4) is 0 Å². The number of nitrogens with two attached hydrogens (primary N) is 1. The van der Waals surface area contributed by atoms with Gasteiger partial charge in [-0.15, -0.1) is 5.32 Å². The molecule has 0 aliphatic heterocycles. The molecule has 1 amide bonds. The molecule has 0 fully saturated rings. The van der Waals surface area contributed by atoms with Crippen molar-refractivity contribution in [2.24, 2.45) is 0 Å². The normalized spacial score (nSPS) is 11.1. The number of hydrogen-bond donors (Lipinski definition) is 2. The Kier molecular flexibility index (Phi) is 5.41. The van der Waals surface area contributed by atoms with Crippen LogP contribution in [0.3, 0.4) is 0 Å². The molecule has 2 aromatic heterocycles. The molecule has 0 aliphatic carbocycles. The third-order valence-corrected chi connectivity index (χ3v) is 4.45. The number of pyridine rings is 1. The molecule has 0 saturated heterocycles. The maximum Gasteiger partial charge on any atom is 0.664 e. The van der Waals surface area contributed by atoms with E-state index in [1.807, 2.05) is 18.2 Å². The Morgan fingerprint density at radius 1 is 1.20 bits per heavy atom. The van der Waals surface area contributed by atoms with Crippen LogP contribution in [0.25, 0.3) is 21.9 Å². The lowest BCUT2D eigenvalue weighted by molar-refractivity contribution is 0.533. The van der Waals surface area contributed by atoms with Crippen LogP contribution < -0.4 is 11.1 Å². The first-order valence-corrected chi connectivity index (χ1v) is 8.89. The average molecular weight is 338 g/mol. The average Bonchev–Trinajstić information content (AvgIpc) is 2.99. The van der Waals surface area contributed by atoms with Gasteiger partial charge in [0.15, 0.2) is 5.82 Å². The highest BCUT2D eigenvalue weighted by Crippen LogP contribution is 2.29. The van der Waals surface area contributed by atoms with Crippen LogP contribution >= 0.6 is 0 Å². The minimum atomic E-state index is 0.488. The van der Waals surface area contributed by atoms with Crippen LogP contribution in [0.2, 0.25) is 0 Å². The highest BCUT2D eigenvalue weighted by molar-refractivity contribution is 6.06. The van der Waals surface area contributed by atoms with E-state index in [9.17, 15) is 4.79 Å². The van der Waals surface area contributed by atoms with E-state index in [0.717, 1.165) is 66.4 Å². The van der Waals surface area contributed by atoms with Gasteiger partial charge >= 0.3 is 6.41 Å². The summed E-state index contributed by atoms with van der Waals surface area (Å²) in [6.07, 6.45) is 6.72. The van der Waals surface area contributed by atoms with E-state index in [0.29, 0.717) is 12.4 Å². The molecule has 3 aromatic rings. The number of benzene rings is 1. The summed E-state index contributed by atoms with van der Waals surface area (Å²) >= 11 is 0. The van der Waals surface area contributed by atoms with Gasteiger partial charge in [-0.25, -0.2) is 9.97 Å². The second kappa shape index (κ2) is 7.90. The van der Waals surface area contributed by atoms with Gasteiger partial charge in [-0.3, -0.25) is 0 Å². The fraction of sp³-hybridized carbons (Fsp3) is 0.421. The molecule has 0 spiro atoms. The number of fused-ring (bicyclic) bond motifs is 3. The molecule has 0 saturated carbocycles. The van der Waals surface area contributed by atoms with Crippen LogP contribution in [0.1, 0.15) is 38.4 Å². The number of nitrogens with one attached hydrogen (secondary N) is 1. The molecular weight excluding hydrogens is 314 g/mol. The summed E-state index contributed by atoms with van der Waals surface area (Å²) in [7, 11) is 0. The molecule has 0 aliphatic rings. The van der Waals surface area contributed by atoms with E-state index in [4.69, 9.17) is 10.7 Å². The molecule has 0 bridgehead atoms. The molecule has 3 rings (SSSR count). The number of amides is 1. The summed E-state index contributed by atoms with van der Waals surface area (Å²) in [6.45, 7) is 3.67. The summed E-state index contributed by atoms with van der Waals surface area (Å²) in [6, 6.07) is 8.06. The zero-order valence-electron chi connectivity index (χ0n) is 14.6. The van der Waals surface area contributed by atoms with E-state index in [1.165, 1.54) is 0 Å². The highest BCUT2D eigenvalue weighted by Gasteiger charge is 2.16. The van der Waals surface area contributed by atoms with Crippen molar-refractivity contribution in [2.75, 3.05) is 12.3 Å². The van der Waals surface area contributed by atoms with Crippen molar-refractivity contribution in [2.45, 2.75) is 45.6 Å². The van der Waals surface area contributed by atoms with Crippen LogP contribution in [0, 0.1) is 0 Å². The number of aromatic nitrogens is 3. The molecule has 0 radical (unpaired) electrons. The van der Waals surface area contributed by atoms with Crippen molar-refractivity contribution in [1.82, 2.24) is 19.9 Å². The van der Waals surface area contributed by atoms with Crippen molar-refractivity contribution in [3.63, 3.8) is 0 Å². The van der Waals surface area contributed by atoms with E-state index >= 15 is 0 Å². The number of aryl methyl sites for hydroxylation is 2. The van der Waals surface area contributed by atoms with E-state index in [1.54, 1.807) is 6.41 Å². The molecular formula is C19H24N5O+. The molecule has 3 N–H and O–H groups in total. The number of para-hydroxylation sites is 1. The smallest absolute Gasteiger partial charge is 0.382 e. The van der Waals surface area contributed by atoms with E-state index in [-0.39, 0.29) is 0 Å². The first-order chi connectivity index (χ1) is 12.3. The Hall–Kier alpha value is -2.72. The van der Waals surface area contributed by atoms with Gasteiger partial charge in [0.2, 0.25) is 0 Å². The number of rotatable bonds is 9.